The van der Waals surface area contributed by atoms with Gasteiger partial charge < -0.3 is 4.52 Å². The van der Waals surface area contributed by atoms with E-state index in [2.05, 4.69) is 5.16 Å². The molecule has 1 aliphatic rings. The third-order valence-electron chi connectivity index (χ3n) is 3.93. The van der Waals surface area contributed by atoms with E-state index in [9.17, 15) is 8.42 Å². The number of rotatable bonds is 3. The molecule has 3 heterocycles. The van der Waals surface area contributed by atoms with E-state index < -0.39 is 10.0 Å². The fraction of sp³-hybridized carbons (Fsp3) is 0.533. The second kappa shape index (κ2) is 6.14. The number of aromatic nitrogens is 1. The number of nitrogens with zero attached hydrogens (tertiary/aromatic N) is 2. The molecule has 120 valence electrons. The summed E-state index contributed by atoms with van der Waals surface area (Å²) in [7, 11) is -3.41. The van der Waals surface area contributed by atoms with Crippen molar-refractivity contribution in [3.63, 3.8) is 0 Å². The Labute approximate surface area is 135 Å². The molecule has 22 heavy (non-hydrogen) atoms. The third kappa shape index (κ3) is 2.98. The van der Waals surface area contributed by atoms with Gasteiger partial charge in [0.05, 0.1) is 15.5 Å². The van der Waals surface area contributed by atoms with E-state index >= 15 is 0 Å². The topological polar surface area (TPSA) is 63.4 Å². The standard InChI is InChI=1S/C15H20N2O3S2/c1-11-9-13(20-16-11)14-10-15(12(2)21-14)22(18,19)17-7-5-3-4-6-8-17/h9-10H,3-8H2,1-2H3. The van der Waals surface area contributed by atoms with Crippen LogP contribution in [0.25, 0.3) is 10.6 Å². The van der Waals surface area contributed by atoms with Gasteiger partial charge in [0, 0.05) is 24.0 Å². The molecule has 0 aliphatic carbocycles. The number of aryl methyl sites for hydroxylation is 2. The van der Waals surface area contributed by atoms with Crippen LogP contribution in [0.4, 0.5) is 0 Å². The molecule has 2 aromatic rings. The van der Waals surface area contributed by atoms with Crippen molar-refractivity contribution >= 4 is 21.4 Å². The number of thiophene rings is 1. The highest BCUT2D eigenvalue weighted by Crippen LogP contribution is 2.35. The van der Waals surface area contributed by atoms with Crippen LogP contribution in [0.5, 0.6) is 0 Å². The van der Waals surface area contributed by atoms with Crippen molar-refractivity contribution in [1.29, 1.82) is 0 Å². The highest BCUT2D eigenvalue weighted by molar-refractivity contribution is 7.89. The molecule has 0 bridgehead atoms. The van der Waals surface area contributed by atoms with Crippen LogP contribution >= 0.6 is 11.3 Å². The molecule has 0 spiro atoms. The fourth-order valence-electron chi connectivity index (χ4n) is 2.74. The van der Waals surface area contributed by atoms with Gasteiger partial charge in [-0.3, -0.25) is 0 Å². The van der Waals surface area contributed by atoms with E-state index in [0.29, 0.717) is 23.7 Å². The summed E-state index contributed by atoms with van der Waals surface area (Å²) in [6, 6.07) is 3.55. The summed E-state index contributed by atoms with van der Waals surface area (Å²) < 4.78 is 32.7. The van der Waals surface area contributed by atoms with E-state index in [-0.39, 0.29) is 0 Å². The lowest BCUT2D eigenvalue weighted by Crippen LogP contribution is -2.32. The summed E-state index contributed by atoms with van der Waals surface area (Å²) in [5.41, 5.74) is 0.790. The van der Waals surface area contributed by atoms with E-state index in [1.807, 2.05) is 19.9 Å². The zero-order chi connectivity index (χ0) is 15.7. The second-order valence-electron chi connectivity index (χ2n) is 5.68. The van der Waals surface area contributed by atoms with Crippen LogP contribution in [-0.2, 0) is 10.0 Å². The van der Waals surface area contributed by atoms with Gasteiger partial charge >= 0.3 is 0 Å². The minimum Gasteiger partial charge on any atom is -0.355 e. The number of hydrogen-bond acceptors (Lipinski definition) is 5. The Morgan fingerprint density at radius 1 is 1.14 bits per heavy atom. The van der Waals surface area contributed by atoms with Crippen LogP contribution in [0.3, 0.4) is 0 Å². The average Bonchev–Trinajstić information content (AvgIpc) is 2.95. The summed E-state index contributed by atoms with van der Waals surface area (Å²) in [4.78, 5) is 2.02. The van der Waals surface area contributed by atoms with Gasteiger partial charge in [0.15, 0.2) is 5.76 Å². The van der Waals surface area contributed by atoms with Gasteiger partial charge in [0.2, 0.25) is 10.0 Å². The van der Waals surface area contributed by atoms with Gasteiger partial charge in [-0.15, -0.1) is 11.3 Å². The highest BCUT2D eigenvalue weighted by atomic mass is 32.2. The van der Waals surface area contributed by atoms with Gasteiger partial charge in [-0.1, -0.05) is 18.0 Å². The lowest BCUT2D eigenvalue weighted by atomic mass is 10.2. The average molecular weight is 340 g/mol. The Bertz CT molecular complexity index is 754. The summed E-state index contributed by atoms with van der Waals surface area (Å²) >= 11 is 1.44. The summed E-state index contributed by atoms with van der Waals surface area (Å²) in [5, 5.41) is 3.87. The Hall–Kier alpha value is -1.18. The lowest BCUT2D eigenvalue weighted by molar-refractivity contribution is 0.423. The van der Waals surface area contributed by atoms with Gasteiger partial charge in [-0.2, -0.15) is 4.31 Å². The first kappa shape index (κ1) is 15.7. The first-order chi connectivity index (χ1) is 10.5. The third-order valence-corrected chi connectivity index (χ3v) is 7.14. The molecule has 0 N–H and O–H groups in total. The van der Waals surface area contributed by atoms with Crippen LogP contribution in [0, 0.1) is 13.8 Å². The Kier molecular flexibility index (Phi) is 4.38. The van der Waals surface area contributed by atoms with Crippen molar-refractivity contribution in [2.24, 2.45) is 0 Å². The SMILES string of the molecule is Cc1cc(-c2cc(S(=O)(=O)N3CCCCCC3)c(C)s2)on1. The molecule has 0 radical (unpaired) electrons. The van der Waals surface area contributed by atoms with Crippen LogP contribution < -0.4 is 0 Å². The van der Waals surface area contributed by atoms with Gasteiger partial charge in [-0.25, -0.2) is 8.42 Å². The van der Waals surface area contributed by atoms with Crippen LogP contribution in [-0.4, -0.2) is 31.0 Å². The molecule has 7 heteroatoms. The summed E-state index contributed by atoms with van der Waals surface area (Å²) in [5.74, 6) is 0.628. The molecule has 5 nitrogen and oxygen atoms in total. The molecule has 1 aliphatic heterocycles. The van der Waals surface area contributed by atoms with Gasteiger partial charge in [-0.05, 0) is 32.8 Å². The van der Waals surface area contributed by atoms with E-state index in [0.717, 1.165) is 41.1 Å². The summed E-state index contributed by atoms with van der Waals surface area (Å²) in [6.45, 7) is 4.94. The first-order valence-corrected chi connectivity index (χ1v) is 9.78. The zero-order valence-electron chi connectivity index (χ0n) is 12.8. The monoisotopic (exact) mass is 340 g/mol. The largest absolute Gasteiger partial charge is 0.355 e. The Balaban J connectivity index is 1.95. The minimum atomic E-state index is -3.41. The highest BCUT2D eigenvalue weighted by Gasteiger charge is 2.28. The quantitative estimate of drug-likeness (QED) is 0.856. The lowest BCUT2D eigenvalue weighted by Gasteiger charge is -2.19. The Morgan fingerprint density at radius 2 is 1.82 bits per heavy atom. The van der Waals surface area contributed by atoms with Crippen LogP contribution in [0.1, 0.15) is 36.3 Å². The van der Waals surface area contributed by atoms with Gasteiger partial charge in [0.25, 0.3) is 0 Å². The minimum absolute atomic E-state index is 0.406. The molecule has 2 aromatic heterocycles. The molecule has 1 fully saturated rings. The van der Waals surface area contributed by atoms with Crippen molar-refractivity contribution in [1.82, 2.24) is 9.46 Å². The molecule has 0 aromatic carbocycles. The smallest absolute Gasteiger partial charge is 0.244 e. The summed E-state index contributed by atoms with van der Waals surface area (Å²) in [6.07, 6.45) is 4.10. The molecular formula is C15H20N2O3S2. The normalized spacial score (nSPS) is 17.5. The maximum absolute atomic E-state index is 12.9. The molecular weight excluding hydrogens is 320 g/mol. The number of sulfonamides is 1. The van der Waals surface area contributed by atoms with Crippen molar-refractivity contribution in [2.45, 2.75) is 44.4 Å². The predicted molar refractivity (Wildman–Crippen MR) is 86.5 cm³/mol. The van der Waals surface area contributed by atoms with Crippen LogP contribution in [0.2, 0.25) is 0 Å². The fourth-order valence-corrected chi connectivity index (χ4v) is 5.77. The van der Waals surface area contributed by atoms with E-state index in [4.69, 9.17) is 4.52 Å². The number of hydrogen-bond donors (Lipinski definition) is 0. The van der Waals surface area contributed by atoms with Crippen molar-refractivity contribution in [3.05, 3.63) is 22.7 Å². The second-order valence-corrected chi connectivity index (χ2v) is 8.84. The van der Waals surface area contributed by atoms with Crippen molar-refractivity contribution in [2.75, 3.05) is 13.1 Å². The molecule has 1 saturated heterocycles. The maximum atomic E-state index is 12.9. The van der Waals surface area contributed by atoms with Crippen molar-refractivity contribution in [3.8, 4) is 10.6 Å². The maximum Gasteiger partial charge on any atom is 0.244 e. The zero-order valence-corrected chi connectivity index (χ0v) is 14.5. The predicted octanol–water partition coefficient (Wildman–Crippen LogP) is 3.58. The molecule has 0 atom stereocenters. The van der Waals surface area contributed by atoms with E-state index in [1.165, 1.54) is 11.3 Å². The van der Waals surface area contributed by atoms with Gasteiger partial charge in [0.1, 0.15) is 0 Å². The molecule has 0 amide bonds. The molecule has 0 unspecified atom stereocenters. The molecule has 3 rings (SSSR count). The van der Waals surface area contributed by atoms with Crippen molar-refractivity contribution < 1.29 is 12.9 Å². The van der Waals surface area contributed by atoms with E-state index in [1.54, 1.807) is 10.4 Å². The first-order valence-electron chi connectivity index (χ1n) is 7.53. The molecule has 0 saturated carbocycles. The van der Waals surface area contributed by atoms with Crippen LogP contribution in [0.15, 0.2) is 21.6 Å². The Morgan fingerprint density at radius 3 is 2.41 bits per heavy atom.